The first-order valence-corrected chi connectivity index (χ1v) is 19.4. The van der Waals surface area contributed by atoms with Crippen molar-refractivity contribution in [2.75, 3.05) is 11.5 Å². The maximum absolute atomic E-state index is 14.6. The lowest BCUT2D eigenvalue weighted by Crippen LogP contribution is -2.54. The molecule has 5 rings (SSSR count). The van der Waals surface area contributed by atoms with E-state index < -0.39 is 53.5 Å². The third kappa shape index (κ3) is 7.07. The summed E-state index contributed by atoms with van der Waals surface area (Å²) < 4.78 is 87.6. The van der Waals surface area contributed by atoms with Crippen molar-refractivity contribution in [3.63, 3.8) is 0 Å². The quantitative estimate of drug-likeness (QED) is 0.231. The third-order valence-corrected chi connectivity index (χ3v) is 14.0. The summed E-state index contributed by atoms with van der Waals surface area (Å²) in [4.78, 5) is 0.109. The Bertz CT molecular complexity index is 1870. The van der Waals surface area contributed by atoms with Crippen LogP contribution in [0.4, 0.5) is 0 Å². The van der Waals surface area contributed by atoms with Gasteiger partial charge in [-0.1, -0.05) is 96.1 Å². The molecular weight excluding hydrogens is 629 g/mol. The van der Waals surface area contributed by atoms with Crippen molar-refractivity contribution >= 4 is 29.9 Å². The molecule has 1 heterocycles. The standard InChI is InChI=1S/C34H38N2O6S3/c1-25-15-17-33(27(3)19-25)44(39,40)35(21-29-11-7-5-8-12-29)31-23-43(37,38)24-32(31)36(22-30-13-9-6-10-14-30)45(41,42)34-18-16-26(2)20-28(34)4/h5-20,31-32H,21-24H2,1-4H3/t31-,32-/m1/s1. The van der Waals surface area contributed by atoms with E-state index >= 15 is 0 Å². The van der Waals surface area contributed by atoms with E-state index in [0.717, 1.165) is 11.1 Å². The number of hydrogen-bond acceptors (Lipinski definition) is 6. The van der Waals surface area contributed by atoms with Gasteiger partial charge in [0.05, 0.1) is 33.4 Å². The molecule has 0 unspecified atom stereocenters. The van der Waals surface area contributed by atoms with Crippen LogP contribution in [0, 0.1) is 27.7 Å². The van der Waals surface area contributed by atoms with Crippen molar-refractivity contribution < 1.29 is 25.3 Å². The van der Waals surface area contributed by atoms with E-state index in [1.54, 1.807) is 86.6 Å². The minimum Gasteiger partial charge on any atom is -0.229 e. The highest BCUT2D eigenvalue weighted by Gasteiger charge is 2.51. The Hall–Kier alpha value is -3.35. The van der Waals surface area contributed by atoms with Crippen LogP contribution in [0.3, 0.4) is 0 Å². The smallest absolute Gasteiger partial charge is 0.229 e. The van der Waals surface area contributed by atoms with Gasteiger partial charge in [0.25, 0.3) is 0 Å². The molecule has 45 heavy (non-hydrogen) atoms. The Balaban J connectivity index is 1.71. The Morgan fingerprint density at radius 1 is 0.578 bits per heavy atom. The number of hydrogen-bond donors (Lipinski definition) is 0. The van der Waals surface area contributed by atoms with Crippen molar-refractivity contribution in [2.24, 2.45) is 0 Å². The molecule has 1 aliphatic heterocycles. The van der Waals surface area contributed by atoms with E-state index in [9.17, 15) is 25.3 Å². The first-order valence-electron chi connectivity index (χ1n) is 14.7. The van der Waals surface area contributed by atoms with Crippen LogP contribution in [-0.2, 0) is 43.0 Å². The summed E-state index contributed by atoms with van der Waals surface area (Å²) in [5.41, 5.74) is 4.12. The van der Waals surface area contributed by atoms with Gasteiger partial charge in [-0.15, -0.1) is 0 Å². The highest BCUT2D eigenvalue weighted by molar-refractivity contribution is 7.92. The number of sulfone groups is 1. The van der Waals surface area contributed by atoms with E-state index in [4.69, 9.17) is 0 Å². The monoisotopic (exact) mass is 666 g/mol. The Kier molecular flexibility index (Phi) is 9.40. The summed E-state index contributed by atoms with van der Waals surface area (Å²) in [7, 11) is -12.4. The molecule has 4 aromatic rings. The second-order valence-corrected chi connectivity index (χ2v) is 17.7. The van der Waals surface area contributed by atoms with Crippen LogP contribution in [0.25, 0.3) is 0 Å². The molecule has 0 amide bonds. The fourth-order valence-electron chi connectivity index (χ4n) is 6.08. The van der Waals surface area contributed by atoms with Gasteiger partial charge in [-0.2, -0.15) is 8.61 Å². The van der Waals surface area contributed by atoms with Gasteiger partial charge >= 0.3 is 0 Å². The number of nitrogens with zero attached hydrogens (tertiary/aromatic N) is 2. The number of rotatable bonds is 10. The fourth-order valence-corrected chi connectivity index (χ4v) is 11.9. The van der Waals surface area contributed by atoms with Crippen LogP contribution in [-0.4, -0.2) is 57.5 Å². The lowest BCUT2D eigenvalue weighted by molar-refractivity contribution is 0.219. The normalized spacial score (nSPS) is 18.4. The van der Waals surface area contributed by atoms with Gasteiger partial charge in [0.15, 0.2) is 9.84 Å². The number of benzene rings is 4. The van der Waals surface area contributed by atoms with E-state index in [-0.39, 0.29) is 22.9 Å². The summed E-state index contributed by atoms with van der Waals surface area (Å²) in [6.07, 6.45) is 0. The van der Waals surface area contributed by atoms with Crippen LogP contribution in [0.5, 0.6) is 0 Å². The van der Waals surface area contributed by atoms with Crippen molar-refractivity contribution in [3.8, 4) is 0 Å². The molecule has 4 aromatic carbocycles. The highest BCUT2D eigenvalue weighted by Crippen LogP contribution is 2.35. The Morgan fingerprint density at radius 2 is 0.933 bits per heavy atom. The molecule has 0 aromatic heterocycles. The minimum atomic E-state index is -4.30. The number of aryl methyl sites for hydroxylation is 4. The zero-order valence-electron chi connectivity index (χ0n) is 25.8. The van der Waals surface area contributed by atoms with E-state index in [1.165, 1.54) is 20.7 Å². The first-order chi connectivity index (χ1) is 21.2. The van der Waals surface area contributed by atoms with Crippen LogP contribution in [0.2, 0.25) is 0 Å². The molecule has 0 bridgehead atoms. The van der Waals surface area contributed by atoms with Gasteiger partial charge in [0.2, 0.25) is 20.0 Å². The van der Waals surface area contributed by atoms with Gasteiger partial charge in [0.1, 0.15) is 0 Å². The average Bonchev–Trinajstić information content (AvgIpc) is 3.29. The third-order valence-electron chi connectivity index (χ3n) is 8.23. The Labute approximate surface area is 267 Å². The molecule has 0 radical (unpaired) electrons. The predicted octanol–water partition coefficient (Wildman–Crippen LogP) is 5.17. The molecule has 0 saturated carbocycles. The molecule has 0 N–H and O–H groups in total. The highest BCUT2D eigenvalue weighted by atomic mass is 32.2. The molecule has 1 saturated heterocycles. The van der Waals surface area contributed by atoms with Crippen molar-refractivity contribution in [1.29, 1.82) is 0 Å². The second kappa shape index (κ2) is 12.8. The summed E-state index contributed by atoms with van der Waals surface area (Å²) in [5.74, 6) is -1.02. The Morgan fingerprint density at radius 3 is 1.27 bits per heavy atom. The lowest BCUT2D eigenvalue weighted by atomic mass is 10.1. The zero-order valence-corrected chi connectivity index (χ0v) is 28.2. The molecule has 1 aliphatic rings. The number of sulfonamides is 2. The summed E-state index contributed by atoms with van der Waals surface area (Å²) in [6, 6.07) is 25.5. The van der Waals surface area contributed by atoms with Gasteiger partial charge in [0, 0.05) is 13.1 Å². The molecule has 238 valence electrons. The van der Waals surface area contributed by atoms with Crippen molar-refractivity contribution in [2.45, 2.75) is 62.7 Å². The molecule has 0 spiro atoms. The van der Waals surface area contributed by atoms with Crippen LogP contribution in [0.1, 0.15) is 33.4 Å². The van der Waals surface area contributed by atoms with Gasteiger partial charge < -0.3 is 0 Å². The summed E-state index contributed by atoms with van der Waals surface area (Å²) in [6.45, 7) is 6.88. The molecule has 2 atom stereocenters. The molecule has 8 nitrogen and oxygen atoms in total. The lowest BCUT2D eigenvalue weighted by Gasteiger charge is -2.37. The summed E-state index contributed by atoms with van der Waals surface area (Å²) >= 11 is 0. The second-order valence-electron chi connectivity index (χ2n) is 11.8. The molecule has 1 fully saturated rings. The van der Waals surface area contributed by atoms with Gasteiger partial charge in [-0.25, -0.2) is 25.3 Å². The predicted molar refractivity (Wildman–Crippen MR) is 176 cm³/mol. The van der Waals surface area contributed by atoms with Gasteiger partial charge in [-0.3, -0.25) is 0 Å². The largest absolute Gasteiger partial charge is 0.243 e. The van der Waals surface area contributed by atoms with Crippen molar-refractivity contribution in [3.05, 3.63) is 130 Å². The van der Waals surface area contributed by atoms with Crippen LogP contribution < -0.4 is 0 Å². The maximum Gasteiger partial charge on any atom is 0.243 e. The molecular formula is C34H38N2O6S3. The maximum atomic E-state index is 14.6. The fraction of sp³-hybridized carbons (Fsp3) is 0.294. The van der Waals surface area contributed by atoms with E-state index in [1.807, 2.05) is 26.0 Å². The topological polar surface area (TPSA) is 109 Å². The van der Waals surface area contributed by atoms with Gasteiger partial charge in [-0.05, 0) is 62.1 Å². The zero-order chi connectivity index (χ0) is 32.6. The minimum absolute atomic E-state index is 0.0546. The van der Waals surface area contributed by atoms with E-state index in [2.05, 4.69) is 0 Å². The molecule has 0 aliphatic carbocycles. The average molecular weight is 667 g/mol. The first kappa shape index (κ1) is 33.0. The van der Waals surface area contributed by atoms with Crippen LogP contribution in [0.15, 0.2) is 107 Å². The molecule has 11 heteroatoms. The SMILES string of the molecule is Cc1ccc(S(=O)(=O)N(Cc2ccccc2)[C@@H]2CS(=O)(=O)C[C@H]2N(Cc2ccccc2)S(=O)(=O)c2ccc(C)cc2C)c(C)c1. The van der Waals surface area contributed by atoms with Crippen LogP contribution >= 0.6 is 0 Å². The van der Waals surface area contributed by atoms with E-state index in [0.29, 0.717) is 22.3 Å². The van der Waals surface area contributed by atoms with Crippen molar-refractivity contribution in [1.82, 2.24) is 8.61 Å². The summed E-state index contributed by atoms with van der Waals surface area (Å²) in [5, 5.41) is 0.